The Kier molecular flexibility index (Phi) is 14.3. The van der Waals surface area contributed by atoms with Gasteiger partial charge in [0, 0.05) is 0 Å². The van der Waals surface area contributed by atoms with Crippen LogP contribution in [0.5, 0.6) is 0 Å². The smallest absolute Gasteiger partial charge is 0.337 e. The summed E-state index contributed by atoms with van der Waals surface area (Å²) in [7, 11) is 0. The molecule has 20 atom stereocenters. The first-order valence-electron chi connectivity index (χ1n) is 23.6. The van der Waals surface area contributed by atoms with Crippen LogP contribution in [0, 0.1) is 50.2 Å². The normalized spacial score (nSPS) is 46.6. The maximum Gasteiger partial charge on any atom is 0.337 e. The Bertz CT molecular complexity index is 1920. The fourth-order valence-electron chi connectivity index (χ4n) is 14.4. The average molecular weight is 957 g/mol. The molecule has 1 unspecified atom stereocenters. The van der Waals surface area contributed by atoms with Crippen molar-refractivity contribution in [3.63, 3.8) is 0 Å². The zero-order valence-corrected chi connectivity index (χ0v) is 39.4. The molecule has 20 heteroatoms. The van der Waals surface area contributed by atoms with Crippen molar-refractivity contribution in [3.8, 4) is 0 Å². The Labute approximate surface area is 389 Å². The van der Waals surface area contributed by atoms with E-state index in [0.717, 1.165) is 38.5 Å². The molecule has 0 bridgehead atoms. The van der Waals surface area contributed by atoms with Gasteiger partial charge in [-0.05, 0) is 109 Å². The fourth-order valence-corrected chi connectivity index (χ4v) is 14.4. The van der Waals surface area contributed by atoms with Crippen molar-refractivity contribution < 1.29 is 98.7 Å². The zero-order valence-electron chi connectivity index (χ0n) is 39.4. The van der Waals surface area contributed by atoms with E-state index >= 15 is 0 Å². The van der Waals surface area contributed by atoms with Gasteiger partial charge < -0.3 is 79.5 Å². The molecule has 4 saturated carbocycles. The standard InChI is InChI=1S/C47H72O20/c1-42(2)14-16-47(41(60)61)17-15-45(6)21(22(47)18-42)8-9-25-44(5)12-11-26(43(3,4)24(44)10-13-46(25,45)7)64-40-35(67-39-30(53)29(52)28(51)23(19-48)63-39)33(31(54)34(66-40)37(58)59)65-38(32(55)36(56)57)62-20-27(49)50/h8,22-26,28-35,38-40,48,51-55H,9-20H2,1-7H3,(H,49,50)(H,56,57)(H,58,59)(H,60,61)/t22-,23+,24-,25+,26-,28+,29-,30+,31-,32?,33-,34-,35+,38+,39-,40+,44-,45+,46+,47-/m0/s1. The van der Waals surface area contributed by atoms with Crippen LogP contribution in [0.2, 0.25) is 0 Å². The summed E-state index contributed by atoms with van der Waals surface area (Å²) in [5, 5.41) is 104. The third kappa shape index (κ3) is 8.65. The lowest BCUT2D eigenvalue weighted by molar-refractivity contribution is -0.387. The van der Waals surface area contributed by atoms with Gasteiger partial charge in [-0.15, -0.1) is 0 Å². The van der Waals surface area contributed by atoms with Crippen LogP contribution in [-0.4, -0.2) is 168 Å². The van der Waals surface area contributed by atoms with Gasteiger partial charge in [-0.2, -0.15) is 0 Å². The summed E-state index contributed by atoms with van der Waals surface area (Å²) in [6.07, 6.45) is -15.7. The molecule has 2 saturated heterocycles. The number of fused-ring (bicyclic) bond motifs is 7. The molecular weight excluding hydrogens is 884 g/mol. The molecule has 6 fully saturated rings. The number of rotatable bonds is 14. The van der Waals surface area contributed by atoms with E-state index < -0.39 is 128 Å². The van der Waals surface area contributed by atoms with Crippen LogP contribution in [0.3, 0.4) is 0 Å². The molecule has 2 heterocycles. The number of ether oxygens (including phenoxy) is 6. The number of carboxylic acid groups (broad SMARTS) is 4. The second-order valence-electron chi connectivity index (χ2n) is 22.7. The molecule has 20 nitrogen and oxygen atoms in total. The van der Waals surface area contributed by atoms with Gasteiger partial charge in [0.1, 0.15) is 49.3 Å². The van der Waals surface area contributed by atoms with Crippen LogP contribution in [-0.2, 0) is 47.6 Å². The molecule has 0 amide bonds. The summed E-state index contributed by atoms with van der Waals surface area (Å²) in [6, 6.07) is 0. The summed E-state index contributed by atoms with van der Waals surface area (Å²) in [5.41, 5.74) is -0.846. The first kappa shape index (κ1) is 52.0. The van der Waals surface area contributed by atoms with Crippen molar-refractivity contribution in [2.75, 3.05) is 13.2 Å². The zero-order chi connectivity index (χ0) is 49.6. The third-order valence-corrected chi connectivity index (χ3v) is 18.4. The summed E-state index contributed by atoms with van der Waals surface area (Å²) in [4.78, 5) is 49.3. The van der Waals surface area contributed by atoms with E-state index in [1.54, 1.807) is 0 Å². The summed E-state index contributed by atoms with van der Waals surface area (Å²) >= 11 is 0. The summed E-state index contributed by atoms with van der Waals surface area (Å²) in [5.74, 6) is -5.81. The van der Waals surface area contributed by atoms with Crippen LogP contribution in [0.1, 0.15) is 113 Å². The molecule has 7 aliphatic rings. The van der Waals surface area contributed by atoms with Crippen LogP contribution in [0.25, 0.3) is 0 Å². The van der Waals surface area contributed by atoms with Gasteiger partial charge in [0.15, 0.2) is 25.0 Å². The second-order valence-corrected chi connectivity index (χ2v) is 22.7. The third-order valence-electron chi connectivity index (χ3n) is 18.4. The van der Waals surface area contributed by atoms with E-state index in [1.165, 1.54) is 5.57 Å². The lowest BCUT2D eigenvalue weighted by Crippen LogP contribution is -2.68. The van der Waals surface area contributed by atoms with Crippen molar-refractivity contribution in [1.82, 2.24) is 0 Å². The van der Waals surface area contributed by atoms with Crippen molar-refractivity contribution in [2.24, 2.45) is 50.2 Å². The number of carbonyl (C=O) groups is 4. The molecule has 7 rings (SSSR count). The maximum atomic E-state index is 13.2. The highest BCUT2D eigenvalue weighted by Gasteiger charge is 2.70. The number of aliphatic hydroxyl groups excluding tert-OH is 6. The Morgan fingerprint density at radius 1 is 0.761 bits per heavy atom. The molecule has 67 heavy (non-hydrogen) atoms. The van der Waals surface area contributed by atoms with Gasteiger partial charge in [-0.1, -0.05) is 60.1 Å². The molecule has 0 aromatic rings. The summed E-state index contributed by atoms with van der Waals surface area (Å²) in [6.45, 7) is 13.6. The molecular formula is C47H72O20. The van der Waals surface area contributed by atoms with Gasteiger partial charge >= 0.3 is 23.9 Å². The van der Waals surface area contributed by atoms with Crippen LogP contribution in [0.15, 0.2) is 11.6 Å². The lowest BCUT2D eigenvalue weighted by atomic mass is 9.33. The Balaban J connectivity index is 1.22. The molecule has 5 aliphatic carbocycles. The number of allylic oxidation sites excluding steroid dienone is 2. The molecule has 0 spiro atoms. The first-order valence-corrected chi connectivity index (χ1v) is 23.6. The number of hydrogen-bond donors (Lipinski definition) is 10. The topological polar surface area (TPSA) is 326 Å². The van der Waals surface area contributed by atoms with Crippen molar-refractivity contribution in [1.29, 1.82) is 0 Å². The van der Waals surface area contributed by atoms with E-state index in [9.17, 15) is 70.2 Å². The highest BCUT2D eigenvalue weighted by molar-refractivity contribution is 5.77. The summed E-state index contributed by atoms with van der Waals surface area (Å²) < 4.78 is 35.3. The molecule has 0 radical (unpaired) electrons. The molecule has 10 N–H and O–H groups in total. The fraction of sp³-hybridized carbons (Fsp3) is 0.872. The quantitative estimate of drug-likeness (QED) is 0.0675. The highest BCUT2D eigenvalue weighted by atomic mass is 16.8. The van der Waals surface area contributed by atoms with Gasteiger partial charge in [-0.3, -0.25) is 4.79 Å². The maximum absolute atomic E-state index is 13.2. The largest absolute Gasteiger partial charge is 0.481 e. The Morgan fingerprint density at radius 2 is 1.43 bits per heavy atom. The molecule has 380 valence electrons. The number of aliphatic hydroxyl groups is 6. The minimum Gasteiger partial charge on any atom is -0.481 e. The van der Waals surface area contributed by atoms with E-state index in [1.807, 2.05) is 13.8 Å². The van der Waals surface area contributed by atoms with Crippen LogP contribution in [0.4, 0.5) is 0 Å². The lowest BCUT2D eigenvalue weighted by Gasteiger charge is -2.71. The number of aliphatic carboxylic acids is 4. The van der Waals surface area contributed by atoms with Crippen LogP contribution < -0.4 is 0 Å². The van der Waals surface area contributed by atoms with E-state index in [-0.39, 0.29) is 39.4 Å². The minimum absolute atomic E-state index is 0.00603. The number of carboxylic acids is 4. The Morgan fingerprint density at radius 3 is 2.04 bits per heavy atom. The number of hydrogen-bond acceptors (Lipinski definition) is 16. The van der Waals surface area contributed by atoms with E-state index in [0.29, 0.717) is 25.7 Å². The van der Waals surface area contributed by atoms with Gasteiger partial charge in [0.25, 0.3) is 0 Å². The Hall–Kier alpha value is -2.86. The van der Waals surface area contributed by atoms with Gasteiger partial charge in [-0.25, -0.2) is 14.4 Å². The average Bonchev–Trinajstić information content (AvgIpc) is 3.24. The molecule has 2 aliphatic heterocycles. The SMILES string of the molecule is CC1(C)CC[C@]2(C(=O)O)CC[C@]3(C)C(=CC[C@@H]4[C@@]5(C)CC[C@H](O[C@@H]6O[C@H](C(=O)O)[C@@H](O)[C@H](O[C@@H](OCC(=O)O)C(O)C(=O)O)[C@H]6O[C@@H]6O[C@H](CO)[C@@H](O)[C@H](O)[C@H]6O)C(C)(C)[C@@H]5CC[C@]43C)[C@@H]2C1. The highest BCUT2D eigenvalue weighted by Crippen LogP contribution is 2.76. The predicted octanol–water partition coefficient (Wildman–Crippen LogP) is 1.87. The van der Waals surface area contributed by atoms with E-state index in [2.05, 4.69) is 40.7 Å². The molecule has 0 aromatic heterocycles. The second kappa shape index (κ2) is 18.4. The predicted molar refractivity (Wildman–Crippen MR) is 228 cm³/mol. The van der Waals surface area contributed by atoms with Crippen LogP contribution >= 0.6 is 0 Å². The first-order chi connectivity index (χ1) is 31.1. The van der Waals surface area contributed by atoms with Crippen molar-refractivity contribution in [2.45, 2.75) is 193 Å². The van der Waals surface area contributed by atoms with Gasteiger partial charge in [0.05, 0.1) is 18.1 Å². The van der Waals surface area contributed by atoms with Crippen molar-refractivity contribution in [3.05, 3.63) is 11.6 Å². The van der Waals surface area contributed by atoms with E-state index in [4.69, 9.17) is 28.4 Å². The van der Waals surface area contributed by atoms with Gasteiger partial charge in [0.2, 0.25) is 6.10 Å². The molecule has 0 aromatic carbocycles. The minimum atomic E-state index is -2.59. The monoisotopic (exact) mass is 956 g/mol. The van der Waals surface area contributed by atoms with Crippen molar-refractivity contribution >= 4 is 23.9 Å².